The highest BCUT2D eigenvalue weighted by molar-refractivity contribution is 8.13. The van der Waals surface area contributed by atoms with Gasteiger partial charge >= 0.3 is 0 Å². The van der Waals surface area contributed by atoms with Crippen LogP contribution in [-0.4, -0.2) is 10.0 Å². The van der Waals surface area contributed by atoms with E-state index in [1.807, 2.05) is 0 Å². The van der Waals surface area contributed by atoms with Crippen molar-refractivity contribution in [1.29, 1.82) is 0 Å². The van der Waals surface area contributed by atoms with Crippen LogP contribution in [0.4, 0.5) is 5.69 Å². The minimum Gasteiger partial charge on any atom is -0.282 e. The van der Waals surface area contributed by atoms with E-state index in [2.05, 4.69) is 0 Å². The molecule has 0 radical (unpaired) electrons. The molecule has 0 fully saturated rings. The highest BCUT2D eigenvalue weighted by Gasteiger charge is 2.08. The van der Waals surface area contributed by atoms with Crippen molar-refractivity contribution >= 4 is 34.2 Å². The van der Waals surface area contributed by atoms with Crippen molar-refractivity contribution in [3.8, 4) is 0 Å². The number of nitro benzene ring substituents is 1. The second-order valence-corrected chi connectivity index (χ2v) is 5.39. The quantitative estimate of drug-likeness (QED) is 0.623. The van der Waals surface area contributed by atoms with Crippen LogP contribution in [0.5, 0.6) is 0 Å². The minimum atomic E-state index is -0.449. The van der Waals surface area contributed by atoms with Crippen LogP contribution >= 0.6 is 23.4 Å². The largest absolute Gasteiger partial charge is 0.282 e. The lowest BCUT2D eigenvalue weighted by atomic mass is 10.2. The lowest BCUT2D eigenvalue weighted by molar-refractivity contribution is -0.384. The molecule has 0 unspecified atom stereocenters. The monoisotopic (exact) mass is 307 g/mol. The molecule has 0 heterocycles. The van der Waals surface area contributed by atoms with Crippen LogP contribution in [0.1, 0.15) is 15.9 Å². The van der Waals surface area contributed by atoms with Gasteiger partial charge in [-0.2, -0.15) is 0 Å². The van der Waals surface area contributed by atoms with Gasteiger partial charge in [0.15, 0.2) is 0 Å². The maximum absolute atomic E-state index is 11.9. The summed E-state index contributed by atoms with van der Waals surface area (Å²) in [7, 11) is 0. The van der Waals surface area contributed by atoms with Crippen molar-refractivity contribution in [1.82, 2.24) is 0 Å². The SMILES string of the molecule is O=C(SCc1ccc([N+](=O)[O-])cc1)c1ccc(Cl)cc1. The van der Waals surface area contributed by atoms with Gasteiger partial charge in [-0.25, -0.2) is 0 Å². The Labute approximate surface area is 124 Å². The van der Waals surface area contributed by atoms with Gasteiger partial charge in [0.25, 0.3) is 5.69 Å². The molecule has 20 heavy (non-hydrogen) atoms. The molecule has 102 valence electrons. The molecule has 0 aliphatic heterocycles. The second kappa shape index (κ2) is 6.54. The average molecular weight is 308 g/mol. The molecule has 6 heteroatoms. The Bertz CT molecular complexity index is 626. The third kappa shape index (κ3) is 3.82. The second-order valence-electron chi connectivity index (χ2n) is 4.01. The Morgan fingerprint density at radius 1 is 1.10 bits per heavy atom. The van der Waals surface area contributed by atoms with Crippen LogP contribution in [-0.2, 0) is 5.75 Å². The van der Waals surface area contributed by atoms with Crippen LogP contribution in [0.25, 0.3) is 0 Å². The molecule has 2 aromatic carbocycles. The lowest BCUT2D eigenvalue weighted by Gasteiger charge is -2.02. The molecule has 0 aliphatic carbocycles. The summed E-state index contributed by atoms with van der Waals surface area (Å²) in [5, 5.41) is 11.1. The molecule has 0 amide bonds. The van der Waals surface area contributed by atoms with E-state index in [-0.39, 0.29) is 10.8 Å². The smallest absolute Gasteiger partial charge is 0.269 e. The predicted molar refractivity (Wildman–Crippen MR) is 80.2 cm³/mol. The Kier molecular flexibility index (Phi) is 4.76. The number of hydrogen-bond acceptors (Lipinski definition) is 4. The summed E-state index contributed by atoms with van der Waals surface area (Å²) in [4.78, 5) is 22.0. The number of non-ortho nitro benzene ring substituents is 1. The molecule has 0 saturated carbocycles. The Morgan fingerprint density at radius 3 is 2.25 bits per heavy atom. The summed E-state index contributed by atoms with van der Waals surface area (Å²) in [5.41, 5.74) is 1.49. The van der Waals surface area contributed by atoms with Crippen molar-refractivity contribution in [2.24, 2.45) is 0 Å². The zero-order valence-corrected chi connectivity index (χ0v) is 11.9. The molecule has 0 aliphatic rings. The van der Waals surface area contributed by atoms with E-state index in [4.69, 9.17) is 11.6 Å². The molecule has 0 aromatic heterocycles. The first-order valence-corrected chi connectivity index (χ1v) is 7.08. The number of benzene rings is 2. The maximum atomic E-state index is 11.9. The number of rotatable bonds is 4. The van der Waals surface area contributed by atoms with E-state index in [0.29, 0.717) is 16.3 Å². The highest BCUT2D eigenvalue weighted by atomic mass is 35.5. The predicted octanol–water partition coefficient (Wildman–Crippen LogP) is 4.32. The van der Waals surface area contributed by atoms with Crippen LogP contribution in [0.2, 0.25) is 5.02 Å². The molecular weight excluding hydrogens is 298 g/mol. The molecular formula is C14H10ClNO3S. The fraction of sp³-hybridized carbons (Fsp3) is 0.0714. The number of nitro groups is 1. The van der Waals surface area contributed by atoms with Gasteiger partial charge in [0.05, 0.1) is 4.92 Å². The third-order valence-corrected chi connectivity index (χ3v) is 3.82. The summed E-state index contributed by atoms with van der Waals surface area (Å²) in [6.07, 6.45) is 0. The van der Waals surface area contributed by atoms with E-state index >= 15 is 0 Å². The number of carbonyl (C=O) groups is 1. The van der Waals surface area contributed by atoms with Gasteiger partial charge in [-0.3, -0.25) is 14.9 Å². The van der Waals surface area contributed by atoms with Gasteiger partial charge in [0.1, 0.15) is 0 Å². The number of halogens is 1. The molecule has 2 aromatic rings. The zero-order chi connectivity index (χ0) is 14.5. The third-order valence-electron chi connectivity index (χ3n) is 2.60. The fourth-order valence-electron chi connectivity index (χ4n) is 1.53. The van der Waals surface area contributed by atoms with E-state index in [0.717, 1.165) is 17.3 Å². The van der Waals surface area contributed by atoms with Crippen molar-refractivity contribution in [2.75, 3.05) is 0 Å². The fourth-order valence-corrected chi connectivity index (χ4v) is 2.45. The Balaban J connectivity index is 1.96. The van der Waals surface area contributed by atoms with E-state index in [1.165, 1.54) is 12.1 Å². The molecule has 0 saturated heterocycles. The molecule has 4 nitrogen and oxygen atoms in total. The molecule has 0 atom stereocenters. The standard InChI is InChI=1S/C14H10ClNO3S/c15-12-5-3-11(4-6-12)14(17)20-9-10-1-7-13(8-2-10)16(18)19/h1-8H,9H2. The molecule has 2 rings (SSSR count). The summed E-state index contributed by atoms with van der Waals surface area (Å²) in [6, 6.07) is 12.9. The van der Waals surface area contributed by atoms with Crippen molar-refractivity contribution in [2.45, 2.75) is 5.75 Å². The Morgan fingerprint density at radius 2 is 1.70 bits per heavy atom. The topological polar surface area (TPSA) is 60.2 Å². The zero-order valence-electron chi connectivity index (χ0n) is 10.3. The number of carbonyl (C=O) groups excluding carboxylic acids is 1. The summed E-state index contributed by atoms with van der Waals surface area (Å²) >= 11 is 6.91. The van der Waals surface area contributed by atoms with Gasteiger partial charge < -0.3 is 0 Å². The van der Waals surface area contributed by atoms with E-state index in [9.17, 15) is 14.9 Å². The molecule has 0 bridgehead atoms. The first kappa shape index (κ1) is 14.6. The van der Waals surface area contributed by atoms with Gasteiger partial charge in [-0.15, -0.1) is 0 Å². The molecule has 0 spiro atoms. The van der Waals surface area contributed by atoms with Crippen LogP contribution in [0.15, 0.2) is 48.5 Å². The minimum absolute atomic E-state index is 0.0442. The van der Waals surface area contributed by atoms with Gasteiger partial charge in [0.2, 0.25) is 5.12 Å². The maximum Gasteiger partial charge on any atom is 0.269 e. The number of hydrogen-bond donors (Lipinski definition) is 0. The van der Waals surface area contributed by atoms with Crippen LogP contribution in [0, 0.1) is 10.1 Å². The van der Waals surface area contributed by atoms with Crippen molar-refractivity contribution < 1.29 is 9.72 Å². The van der Waals surface area contributed by atoms with Crippen molar-refractivity contribution in [3.05, 3.63) is 74.8 Å². The van der Waals surface area contributed by atoms with Gasteiger partial charge in [-0.05, 0) is 29.8 Å². The van der Waals surface area contributed by atoms with Crippen molar-refractivity contribution in [3.63, 3.8) is 0 Å². The van der Waals surface area contributed by atoms with Crippen LogP contribution in [0.3, 0.4) is 0 Å². The highest BCUT2D eigenvalue weighted by Crippen LogP contribution is 2.21. The van der Waals surface area contributed by atoms with Gasteiger partial charge in [0, 0.05) is 28.5 Å². The lowest BCUT2D eigenvalue weighted by Crippen LogP contribution is -1.94. The van der Waals surface area contributed by atoms with E-state index in [1.54, 1.807) is 36.4 Å². The average Bonchev–Trinajstić information content (AvgIpc) is 2.46. The summed E-state index contributed by atoms with van der Waals surface area (Å²) < 4.78 is 0. The van der Waals surface area contributed by atoms with E-state index < -0.39 is 4.92 Å². The Hall–Kier alpha value is -1.85. The van der Waals surface area contributed by atoms with Crippen LogP contribution < -0.4 is 0 Å². The summed E-state index contributed by atoms with van der Waals surface area (Å²) in [6.45, 7) is 0. The summed E-state index contributed by atoms with van der Waals surface area (Å²) in [5.74, 6) is 0.472. The first-order valence-electron chi connectivity index (χ1n) is 5.72. The first-order chi connectivity index (χ1) is 9.56. The normalized spacial score (nSPS) is 10.2. The molecule has 0 N–H and O–H groups in total. The number of thioether (sulfide) groups is 1. The number of nitrogens with zero attached hydrogens (tertiary/aromatic N) is 1. The van der Waals surface area contributed by atoms with Gasteiger partial charge in [-0.1, -0.05) is 35.5 Å².